The maximum Gasteiger partial charge on any atom is 0.240 e. The first-order valence-electron chi connectivity index (χ1n) is 12.7. The molecule has 1 fully saturated rings. The van der Waals surface area contributed by atoms with Crippen LogP contribution in [-0.2, 0) is 16.4 Å². The van der Waals surface area contributed by atoms with Gasteiger partial charge in [-0.15, -0.1) is 0 Å². The van der Waals surface area contributed by atoms with E-state index in [9.17, 15) is 8.42 Å². The molecule has 186 valence electrons. The molecule has 5 nitrogen and oxygen atoms in total. The van der Waals surface area contributed by atoms with Gasteiger partial charge in [-0.3, -0.25) is 0 Å². The van der Waals surface area contributed by atoms with Crippen LogP contribution in [0.3, 0.4) is 0 Å². The molecule has 1 N–H and O–H groups in total. The molecular weight excluding hydrogens is 454 g/mol. The first kappa shape index (κ1) is 25.6. The van der Waals surface area contributed by atoms with Crippen LogP contribution in [0.2, 0.25) is 0 Å². The van der Waals surface area contributed by atoms with E-state index < -0.39 is 10.0 Å². The summed E-state index contributed by atoms with van der Waals surface area (Å²) in [6, 6.07) is 27.8. The Kier molecular flexibility index (Phi) is 9.49. The Morgan fingerprint density at radius 3 is 1.80 bits per heavy atom. The maximum atomic E-state index is 12.6. The van der Waals surface area contributed by atoms with Crippen LogP contribution in [0.1, 0.15) is 24.8 Å². The summed E-state index contributed by atoms with van der Waals surface area (Å²) < 4.78 is 28.0. The topological polar surface area (TPSA) is 52.7 Å². The lowest BCUT2D eigenvalue weighted by molar-refractivity contribution is 0.130. The first-order chi connectivity index (χ1) is 17.1. The Morgan fingerprint density at radius 2 is 1.17 bits per heavy atom. The highest BCUT2D eigenvalue weighted by atomic mass is 32.2. The number of aryl methyl sites for hydroxylation is 1. The van der Waals surface area contributed by atoms with E-state index in [1.165, 1.54) is 12.0 Å². The molecule has 35 heavy (non-hydrogen) atoms. The minimum atomic E-state index is -3.47. The molecule has 1 heterocycles. The van der Waals surface area contributed by atoms with Gasteiger partial charge in [0.25, 0.3) is 0 Å². The summed E-state index contributed by atoms with van der Waals surface area (Å²) in [6.07, 6.45) is 4.20. The van der Waals surface area contributed by atoms with Gasteiger partial charge in [-0.25, -0.2) is 13.1 Å². The van der Waals surface area contributed by atoms with Crippen LogP contribution in [0.15, 0.2) is 89.8 Å². The maximum absolute atomic E-state index is 12.6. The van der Waals surface area contributed by atoms with Crippen LogP contribution in [0.5, 0.6) is 0 Å². The number of benzene rings is 3. The molecule has 0 saturated carbocycles. The van der Waals surface area contributed by atoms with Gasteiger partial charge in [0.1, 0.15) is 0 Å². The third-order valence-corrected chi connectivity index (χ3v) is 8.19. The molecule has 4 rings (SSSR count). The summed E-state index contributed by atoms with van der Waals surface area (Å²) in [5.41, 5.74) is 3.52. The van der Waals surface area contributed by atoms with Crippen LogP contribution in [0, 0.1) is 0 Å². The number of sulfonamides is 1. The highest BCUT2D eigenvalue weighted by molar-refractivity contribution is 7.89. The Morgan fingerprint density at radius 1 is 0.629 bits per heavy atom. The van der Waals surface area contributed by atoms with E-state index in [0.717, 1.165) is 69.7 Å². The number of unbranched alkanes of at least 4 members (excludes halogenated alkanes) is 1. The molecule has 0 aliphatic carbocycles. The Hall–Kier alpha value is -2.51. The molecule has 3 aromatic rings. The largest absolute Gasteiger partial charge is 0.301 e. The number of nitrogens with one attached hydrogen (secondary N) is 1. The van der Waals surface area contributed by atoms with Crippen molar-refractivity contribution < 1.29 is 8.42 Å². The van der Waals surface area contributed by atoms with Crippen molar-refractivity contribution in [1.29, 1.82) is 0 Å². The van der Waals surface area contributed by atoms with Crippen molar-refractivity contribution in [3.63, 3.8) is 0 Å². The van der Waals surface area contributed by atoms with Gasteiger partial charge in [-0.05, 0) is 67.6 Å². The fraction of sp³-hybridized carbons (Fsp3) is 0.379. The molecule has 0 bridgehead atoms. The predicted octanol–water partition coefficient (Wildman–Crippen LogP) is 4.66. The fourth-order valence-corrected chi connectivity index (χ4v) is 5.67. The van der Waals surface area contributed by atoms with Crippen molar-refractivity contribution >= 4 is 10.0 Å². The van der Waals surface area contributed by atoms with Crippen LogP contribution in [0.4, 0.5) is 0 Å². The van der Waals surface area contributed by atoms with E-state index in [0.29, 0.717) is 11.4 Å². The molecule has 3 aromatic carbocycles. The molecule has 0 atom stereocenters. The van der Waals surface area contributed by atoms with Crippen LogP contribution in [0.25, 0.3) is 11.1 Å². The second kappa shape index (κ2) is 13.0. The summed E-state index contributed by atoms with van der Waals surface area (Å²) in [5, 5.41) is 0. The van der Waals surface area contributed by atoms with Gasteiger partial charge in [0.2, 0.25) is 10.0 Å². The van der Waals surface area contributed by atoms with E-state index in [-0.39, 0.29) is 0 Å². The highest BCUT2D eigenvalue weighted by Crippen LogP contribution is 2.21. The zero-order valence-corrected chi connectivity index (χ0v) is 21.3. The third kappa shape index (κ3) is 8.00. The van der Waals surface area contributed by atoms with Crippen molar-refractivity contribution in [2.75, 3.05) is 45.8 Å². The molecule has 6 heteroatoms. The minimum Gasteiger partial charge on any atom is -0.301 e. The minimum absolute atomic E-state index is 0.320. The van der Waals surface area contributed by atoms with Crippen molar-refractivity contribution in [3.8, 4) is 11.1 Å². The van der Waals surface area contributed by atoms with Crippen molar-refractivity contribution in [1.82, 2.24) is 14.5 Å². The average Bonchev–Trinajstić information content (AvgIpc) is 2.90. The van der Waals surface area contributed by atoms with Crippen molar-refractivity contribution in [3.05, 3.63) is 90.5 Å². The summed E-state index contributed by atoms with van der Waals surface area (Å²) in [7, 11) is -3.47. The van der Waals surface area contributed by atoms with Gasteiger partial charge in [-0.2, -0.15) is 0 Å². The van der Waals surface area contributed by atoms with Crippen LogP contribution >= 0.6 is 0 Å². The molecule has 0 amide bonds. The molecule has 0 radical (unpaired) electrons. The normalized spacial score (nSPS) is 15.3. The number of nitrogens with zero attached hydrogens (tertiary/aromatic N) is 2. The lowest BCUT2D eigenvalue weighted by Gasteiger charge is -2.34. The second-order valence-corrected chi connectivity index (χ2v) is 11.0. The lowest BCUT2D eigenvalue weighted by atomic mass is 10.1. The Bertz CT molecular complexity index is 1110. The van der Waals surface area contributed by atoms with Gasteiger partial charge in [-0.1, -0.05) is 72.8 Å². The van der Waals surface area contributed by atoms with Gasteiger partial charge < -0.3 is 9.80 Å². The first-order valence-corrected chi connectivity index (χ1v) is 14.2. The van der Waals surface area contributed by atoms with E-state index in [1.807, 2.05) is 42.5 Å². The number of hydrogen-bond donors (Lipinski definition) is 1. The quantitative estimate of drug-likeness (QED) is 0.374. The van der Waals surface area contributed by atoms with Gasteiger partial charge in [0, 0.05) is 32.7 Å². The Labute approximate surface area is 210 Å². The smallest absolute Gasteiger partial charge is 0.240 e. The SMILES string of the molecule is O=S(=O)(NCCCCN1CCN(CCCc2ccccc2)CC1)c1ccc(-c2ccccc2)cc1. The van der Waals surface area contributed by atoms with Gasteiger partial charge in [0.15, 0.2) is 0 Å². The highest BCUT2D eigenvalue weighted by Gasteiger charge is 2.17. The molecular formula is C29H37N3O2S. The Balaban J connectivity index is 1.09. The second-order valence-electron chi connectivity index (χ2n) is 9.27. The van der Waals surface area contributed by atoms with Crippen molar-refractivity contribution in [2.45, 2.75) is 30.6 Å². The molecule has 0 aromatic heterocycles. The zero-order valence-electron chi connectivity index (χ0n) is 20.5. The van der Waals surface area contributed by atoms with Crippen LogP contribution < -0.4 is 4.72 Å². The molecule has 0 unspecified atom stereocenters. The monoisotopic (exact) mass is 491 g/mol. The van der Waals surface area contributed by atoms with Gasteiger partial charge >= 0.3 is 0 Å². The lowest BCUT2D eigenvalue weighted by Crippen LogP contribution is -2.46. The number of piperazine rings is 1. The summed E-state index contributed by atoms with van der Waals surface area (Å²) in [4.78, 5) is 5.39. The average molecular weight is 492 g/mol. The summed E-state index contributed by atoms with van der Waals surface area (Å²) in [6.45, 7) is 7.13. The summed E-state index contributed by atoms with van der Waals surface area (Å²) in [5.74, 6) is 0. The van der Waals surface area contributed by atoms with Gasteiger partial charge in [0.05, 0.1) is 4.90 Å². The van der Waals surface area contributed by atoms with Crippen LogP contribution in [-0.4, -0.2) is 64.0 Å². The molecule has 0 spiro atoms. The molecule has 1 aliphatic heterocycles. The fourth-order valence-electron chi connectivity index (χ4n) is 4.60. The standard InChI is InChI=1S/C29H37N3O2S/c33-35(34,29-17-15-28(16-18-29)27-13-5-2-6-14-27)30-19-7-8-20-31-22-24-32(25-23-31)21-9-12-26-10-3-1-4-11-26/h1-6,10-11,13-18,30H,7-9,12,19-25H2. The zero-order chi connectivity index (χ0) is 24.3. The van der Waals surface area contributed by atoms with E-state index in [4.69, 9.17) is 0 Å². The number of rotatable bonds is 12. The summed E-state index contributed by atoms with van der Waals surface area (Å²) >= 11 is 0. The van der Waals surface area contributed by atoms with E-state index >= 15 is 0 Å². The van der Waals surface area contributed by atoms with E-state index in [2.05, 4.69) is 44.9 Å². The predicted molar refractivity (Wildman–Crippen MR) is 144 cm³/mol. The third-order valence-electron chi connectivity index (χ3n) is 6.71. The molecule has 1 aliphatic rings. The van der Waals surface area contributed by atoms with Crippen molar-refractivity contribution in [2.24, 2.45) is 0 Å². The van der Waals surface area contributed by atoms with E-state index in [1.54, 1.807) is 12.1 Å². The molecule has 1 saturated heterocycles. The number of hydrogen-bond acceptors (Lipinski definition) is 4.